The summed E-state index contributed by atoms with van der Waals surface area (Å²) in [6.45, 7) is 1.82. The summed E-state index contributed by atoms with van der Waals surface area (Å²) in [5.74, 6) is -2.84. The summed E-state index contributed by atoms with van der Waals surface area (Å²) in [4.78, 5) is 24.4. The van der Waals surface area contributed by atoms with Gasteiger partial charge in [-0.15, -0.1) is 0 Å². The molecular formula is C24H21F3N2O2. The van der Waals surface area contributed by atoms with Gasteiger partial charge < -0.3 is 10.6 Å². The molecule has 0 aliphatic carbocycles. The van der Waals surface area contributed by atoms with Crippen LogP contribution in [0.2, 0.25) is 0 Å². The molecule has 2 amide bonds. The second kappa shape index (κ2) is 9.93. The highest BCUT2D eigenvalue weighted by Crippen LogP contribution is 2.18. The molecule has 7 heteroatoms. The summed E-state index contributed by atoms with van der Waals surface area (Å²) in [6.07, 6.45) is 0.436. The smallest absolute Gasteiger partial charge is 0.255 e. The van der Waals surface area contributed by atoms with Gasteiger partial charge in [0.2, 0.25) is 5.91 Å². The number of carbonyl (C=O) groups excluding carboxylic acids is 2. The fourth-order valence-corrected chi connectivity index (χ4v) is 3.01. The fraction of sp³-hybridized carbons (Fsp3) is 0.167. The Labute approximate surface area is 178 Å². The maximum Gasteiger partial charge on any atom is 0.255 e. The number of nitrogens with one attached hydrogen (secondary N) is 2. The number of anilines is 1. The van der Waals surface area contributed by atoms with E-state index in [1.54, 1.807) is 24.3 Å². The third-order valence-corrected chi connectivity index (χ3v) is 4.78. The Morgan fingerprint density at radius 1 is 0.871 bits per heavy atom. The van der Waals surface area contributed by atoms with Gasteiger partial charge >= 0.3 is 0 Å². The summed E-state index contributed by atoms with van der Waals surface area (Å²) in [6, 6.07) is 15.5. The number of rotatable bonds is 7. The molecule has 0 saturated carbocycles. The van der Waals surface area contributed by atoms with Crippen LogP contribution < -0.4 is 10.6 Å². The Balaban J connectivity index is 1.51. The van der Waals surface area contributed by atoms with E-state index >= 15 is 0 Å². The Bertz CT molecular complexity index is 1070. The van der Waals surface area contributed by atoms with Crippen LogP contribution in [0.4, 0.5) is 18.9 Å². The van der Waals surface area contributed by atoms with Gasteiger partial charge in [-0.1, -0.05) is 18.2 Å². The summed E-state index contributed by atoms with van der Waals surface area (Å²) in [5, 5.41) is 5.58. The van der Waals surface area contributed by atoms with E-state index in [0.717, 1.165) is 17.7 Å². The van der Waals surface area contributed by atoms with Crippen LogP contribution in [-0.2, 0) is 11.2 Å². The van der Waals surface area contributed by atoms with Crippen molar-refractivity contribution in [2.45, 2.75) is 25.8 Å². The largest absolute Gasteiger partial charge is 0.350 e. The molecule has 1 unspecified atom stereocenters. The molecule has 4 nitrogen and oxygen atoms in total. The van der Waals surface area contributed by atoms with Crippen molar-refractivity contribution in [3.63, 3.8) is 0 Å². The lowest BCUT2D eigenvalue weighted by Crippen LogP contribution is -2.26. The Morgan fingerprint density at radius 2 is 1.55 bits per heavy atom. The SMILES string of the molecule is CC(NC(=O)CCc1ccc(F)c(F)c1)c1ccc(NC(=O)c2ccc(F)cc2)cc1. The summed E-state index contributed by atoms with van der Waals surface area (Å²) in [7, 11) is 0. The Morgan fingerprint density at radius 3 is 2.19 bits per heavy atom. The van der Waals surface area contributed by atoms with Crippen LogP contribution in [0.3, 0.4) is 0 Å². The first-order chi connectivity index (χ1) is 14.8. The van der Waals surface area contributed by atoms with E-state index in [1.807, 2.05) is 6.92 Å². The highest BCUT2D eigenvalue weighted by molar-refractivity contribution is 6.04. The van der Waals surface area contributed by atoms with Crippen LogP contribution in [0.25, 0.3) is 0 Å². The quantitative estimate of drug-likeness (QED) is 0.548. The zero-order valence-corrected chi connectivity index (χ0v) is 16.8. The lowest BCUT2D eigenvalue weighted by molar-refractivity contribution is -0.121. The van der Waals surface area contributed by atoms with Crippen LogP contribution in [0.15, 0.2) is 66.7 Å². The summed E-state index contributed by atoms with van der Waals surface area (Å²) in [5.41, 5.74) is 2.28. The second-order valence-corrected chi connectivity index (χ2v) is 7.12. The third-order valence-electron chi connectivity index (χ3n) is 4.78. The van der Waals surface area contributed by atoms with Crippen molar-refractivity contribution in [1.82, 2.24) is 5.32 Å². The van der Waals surface area contributed by atoms with Gasteiger partial charge in [0.25, 0.3) is 5.91 Å². The van der Waals surface area contributed by atoms with E-state index < -0.39 is 17.5 Å². The third kappa shape index (κ3) is 6.18. The van der Waals surface area contributed by atoms with Crippen LogP contribution in [0.5, 0.6) is 0 Å². The van der Waals surface area contributed by atoms with Crippen LogP contribution in [-0.4, -0.2) is 11.8 Å². The van der Waals surface area contributed by atoms with Crippen molar-refractivity contribution in [3.8, 4) is 0 Å². The fourth-order valence-electron chi connectivity index (χ4n) is 3.01. The van der Waals surface area contributed by atoms with Crippen LogP contribution in [0.1, 0.15) is 40.9 Å². The molecule has 0 aromatic heterocycles. The van der Waals surface area contributed by atoms with Gasteiger partial charge in [0.1, 0.15) is 5.82 Å². The molecule has 0 heterocycles. The van der Waals surface area contributed by atoms with Crippen molar-refractivity contribution in [2.24, 2.45) is 0 Å². The number of carbonyl (C=O) groups is 2. The highest BCUT2D eigenvalue weighted by Gasteiger charge is 2.12. The minimum Gasteiger partial charge on any atom is -0.350 e. The van der Waals surface area contributed by atoms with Gasteiger partial charge in [0, 0.05) is 17.7 Å². The first-order valence-electron chi connectivity index (χ1n) is 9.72. The van der Waals surface area contributed by atoms with E-state index in [0.29, 0.717) is 23.2 Å². The zero-order valence-electron chi connectivity index (χ0n) is 16.8. The van der Waals surface area contributed by atoms with Gasteiger partial charge in [-0.05, 0) is 73.0 Å². The summed E-state index contributed by atoms with van der Waals surface area (Å²) < 4.78 is 39.2. The number of aryl methyl sites for hydroxylation is 1. The minimum absolute atomic E-state index is 0.140. The predicted octanol–water partition coefficient (Wildman–Crippen LogP) is 5.17. The molecule has 1 atom stereocenters. The van der Waals surface area contributed by atoms with Crippen molar-refractivity contribution in [1.29, 1.82) is 0 Å². The molecule has 0 spiro atoms. The molecule has 3 rings (SSSR count). The topological polar surface area (TPSA) is 58.2 Å². The second-order valence-electron chi connectivity index (χ2n) is 7.12. The average molecular weight is 426 g/mol. The van der Waals surface area contributed by atoms with Gasteiger partial charge in [-0.3, -0.25) is 9.59 Å². The lowest BCUT2D eigenvalue weighted by Gasteiger charge is -2.15. The van der Waals surface area contributed by atoms with E-state index in [9.17, 15) is 22.8 Å². The molecular weight excluding hydrogens is 405 g/mol. The Hall–Kier alpha value is -3.61. The van der Waals surface area contributed by atoms with Gasteiger partial charge in [-0.25, -0.2) is 13.2 Å². The van der Waals surface area contributed by atoms with Crippen molar-refractivity contribution in [3.05, 3.63) is 101 Å². The predicted molar refractivity (Wildman–Crippen MR) is 112 cm³/mol. The van der Waals surface area contributed by atoms with Crippen molar-refractivity contribution < 1.29 is 22.8 Å². The van der Waals surface area contributed by atoms with Gasteiger partial charge in [0.15, 0.2) is 11.6 Å². The van der Waals surface area contributed by atoms with Crippen molar-refractivity contribution in [2.75, 3.05) is 5.32 Å². The minimum atomic E-state index is -0.933. The monoisotopic (exact) mass is 426 g/mol. The molecule has 3 aromatic rings. The molecule has 31 heavy (non-hydrogen) atoms. The number of halogens is 3. The number of benzene rings is 3. The van der Waals surface area contributed by atoms with E-state index in [-0.39, 0.29) is 24.3 Å². The molecule has 3 aromatic carbocycles. The molecule has 0 bridgehead atoms. The average Bonchev–Trinajstić information content (AvgIpc) is 2.75. The zero-order chi connectivity index (χ0) is 22.4. The van der Waals surface area contributed by atoms with Crippen LogP contribution >= 0.6 is 0 Å². The van der Waals surface area contributed by atoms with E-state index in [2.05, 4.69) is 10.6 Å². The number of hydrogen-bond donors (Lipinski definition) is 2. The maximum absolute atomic E-state index is 13.2. The molecule has 2 N–H and O–H groups in total. The summed E-state index contributed by atoms with van der Waals surface area (Å²) >= 11 is 0. The Kier molecular flexibility index (Phi) is 7.07. The molecule has 0 aliphatic rings. The number of amides is 2. The molecule has 0 fully saturated rings. The standard InChI is InChI=1S/C24H21F3N2O2/c1-15(28-23(30)13-3-16-2-12-21(26)22(27)14-16)17-6-10-20(11-7-17)29-24(31)18-4-8-19(25)9-5-18/h2,4-12,14-15H,3,13H2,1H3,(H,28,30)(H,29,31). The van der Waals surface area contributed by atoms with Crippen LogP contribution in [0, 0.1) is 17.5 Å². The van der Waals surface area contributed by atoms with Crippen molar-refractivity contribution >= 4 is 17.5 Å². The van der Waals surface area contributed by atoms with E-state index in [4.69, 9.17) is 0 Å². The molecule has 0 radical (unpaired) electrons. The lowest BCUT2D eigenvalue weighted by atomic mass is 10.1. The van der Waals surface area contributed by atoms with E-state index in [1.165, 1.54) is 30.3 Å². The maximum atomic E-state index is 13.2. The number of hydrogen-bond acceptors (Lipinski definition) is 2. The van der Waals surface area contributed by atoms with Gasteiger partial charge in [-0.2, -0.15) is 0 Å². The van der Waals surface area contributed by atoms with Gasteiger partial charge in [0.05, 0.1) is 6.04 Å². The molecule has 0 aliphatic heterocycles. The molecule has 160 valence electrons. The normalized spacial score (nSPS) is 11.6. The highest BCUT2D eigenvalue weighted by atomic mass is 19.2. The first kappa shape index (κ1) is 22.1. The first-order valence-corrected chi connectivity index (χ1v) is 9.72. The molecule has 0 saturated heterocycles.